The Kier molecular flexibility index (Phi) is 3.60. The molecule has 0 saturated carbocycles. The molecule has 0 saturated heterocycles. The SMILES string of the molecule is Cc1ncc(NCC(=O)N(C)C)nc1C. The van der Waals surface area contributed by atoms with Crippen LogP contribution in [0.2, 0.25) is 0 Å². The van der Waals surface area contributed by atoms with E-state index >= 15 is 0 Å². The van der Waals surface area contributed by atoms with Crippen LogP contribution in [-0.4, -0.2) is 41.4 Å². The molecule has 0 aliphatic carbocycles. The van der Waals surface area contributed by atoms with Gasteiger partial charge in [-0.15, -0.1) is 0 Å². The van der Waals surface area contributed by atoms with Crippen LogP contribution >= 0.6 is 0 Å². The largest absolute Gasteiger partial charge is 0.360 e. The van der Waals surface area contributed by atoms with Gasteiger partial charge >= 0.3 is 0 Å². The number of aryl methyl sites for hydroxylation is 2. The first-order valence-electron chi connectivity index (χ1n) is 4.75. The molecule has 0 unspecified atom stereocenters. The summed E-state index contributed by atoms with van der Waals surface area (Å²) in [5.74, 6) is 0.642. The van der Waals surface area contributed by atoms with Crippen LogP contribution in [0.15, 0.2) is 6.20 Å². The van der Waals surface area contributed by atoms with Gasteiger partial charge in [0.2, 0.25) is 5.91 Å². The van der Waals surface area contributed by atoms with Gasteiger partial charge in [0.1, 0.15) is 5.82 Å². The van der Waals surface area contributed by atoms with Crippen molar-refractivity contribution < 1.29 is 4.79 Å². The number of aromatic nitrogens is 2. The second-order valence-electron chi connectivity index (χ2n) is 3.57. The van der Waals surface area contributed by atoms with Crippen molar-refractivity contribution in [3.8, 4) is 0 Å². The molecule has 5 heteroatoms. The fourth-order valence-corrected chi connectivity index (χ4v) is 0.951. The van der Waals surface area contributed by atoms with Gasteiger partial charge in [0.05, 0.1) is 24.1 Å². The fraction of sp³-hybridized carbons (Fsp3) is 0.500. The first-order valence-corrected chi connectivity index (χ1v) is 4.75. The standard InChI is InChI=1S/C10H16N4O/c1-7-8(2)13-9(5-11-7)12-6-10(15)14(3)4/h5H,6H2,1-4H3,(H,12,13). The highest BCUT2D eigenvalue weighted by molar-refractivity contribution is 5.79. The van der Waals surface area contributed by atoms with Crippen LogP contribution in [0.25, 0.3) is 0 Å². The van der Waals surface area contributed by atoms with Crippen molar-refractivity contribution >= 4 is 11.7 Å². The summed E-state index contributed by atoms with van der Waals surface area (Å²) < 4.78 is 0. The van der Waals surface area contributed by atoms with Crippen LogP contribution in [0.4, 0.5) is 5.82 Å². The van der Waals surface area contributed by atoms with Gasteiger partial charge in [-0.2, -0.15) is 0 Å². The summed E-state index contributed by atoms with van der Waals surface area (Å²) in [4.78, 5) is 21.2. The highest BCUT2D eigenvalue weighted by Gasteiger charge is 2.04. The summed E-state index contributed by atoms with van der Waals surface area (Å²) in [5.41, 5.74) is 1.77. The number of carbonyl (C=O) groups excluding carboxylic acids is 1. The lowest BCUT2D eigenvalue weighted by molar-refractivity contribution is -0.126. The normalized spacial score (nSPS) is 9.87. The Hall–Kier alpha value is -1.65. The number of nitrogens with one attached hydrogen (secondary N) is 1. The molecular weight excluding hydrogens is 192 g/mol. The molecule has 0 spiro atoms. The molecule has 1 amide bonds. The molecule has 0 radical (unpaired) electrons. The maximum atomic E-state index is 11.3. The minimum Gasteiger partial charge on any atom is -0.360 e. The number of hydrogen-bond donors (Lipinski definition) is 1. The molecule has 82 valence electrons. The van der Waals surface area contributed by atoms with E-state index in [0.29, 0.717) is 5.82 Å². The minimum absolute atomic E-state index is 0.00929. The molecule has 0 atom stereocenters. The van der Waals surface area contributed by atoms with E-state index in [9.17, 15) is 4.79 Å². The fourth-order valence-electron chi connectivity index (χ4n) is 0.951. The number of likely N-dealkylation sites (N-methyl/N-ethyl adjacent to an activating group) is 1. The first kappa shape index (κ1) is 11.4. The van der Waals surface area contributed by atoms with Crippen molar-refractivity contribution in [2.45, 2.75) is 13.8 Å². The van der Waals surface area contributed by atoms with Crippen molar-refractivity contribution in [2.75, 3.05) is 26.0 Å². The third-order valence-corrected chi connectivity index (χ3v) is 2.11. The summed E-state index contributed by atoms with van der Waals surface area (Å²) in [6.07, 6.45) is 1.63. The van der Waals surface area contributed by atoms with Crippen molar-refractivity contribution in [1.29, 1.82) is 0 Å². The van der Waals surface area contributed by atoms with Crippen LogP contribution in [0.3, 0.4) is 0 Å². The Morgan fingerprint density at radius 2 is 2.07 bits per heavy atom. The Morgan fingerprint density at radius 1 is 1.40 bits per heavy atom. The maximum Gasteiger partial charge on any atom is 0.241 e. The van der Waals surface area contributed by atoms with Gasteiger partial charge in [-0.25, -0.2) is 4.98 Å². The molecule has 0 aliphatic rings. The molecule has 1 aromatic rings. The van der Waals surface area contributed by atoms with E-state index in [2.05, 4.69) is 15.3 Å². The number of rotatable bonds is 3. The molecule has 0 bridgehead atoms. The van der Waals surface area contributed by atoms with Crippen LogP contribution in [0, 0.1) is 13.8 Å². The molecule has 15 heavy (non-hydrogen) atoms. The zero-order valence-corrected chi connectivity index (χ0v) is 9.53. The molecule has 1 heterocycles. The van der Waals surface area contributed by atoms with Crippen LogP contribution in [-0.2, 0) is 4.79 Å². The van der Waals surface area contributed by atoms with Crippen molar-refractivity contribution in [3.05, 3.63) is 17.6 Å². The van der Waals surface area contributed by atoms with E-state index in [4.69, 9.17) is 0 Å². The predicted molar refractivity (Wildman–Crippen MR) is 58.7 cm³/mol. The Balaban J connectivity index is 2.58. The van der Waals surface area contributed by atoms with Crippen molar-refractivity contribution in [1.82, 2.24) is 14.9 Å². The first-order chi connectivity index (χ1) is 7.00. The van der Waals surface area contributed by atoms with Gasteiger partial charge in [-0.1, -0.05) is 0 Å². The van der Waals surface area contributed by atoms with Crippen LogP contribution in [0.5, 0.6) is 0 Å². The monoisotopic (exact) mass is 208 g/mol. The summed E-state index contributed by atoms with van der Waals surface area (Å²) >= 11 is 0. The topological polar surface area (TPSA) is 58.1 Å². The molecule has 1 N–H and O–H groups in total. The molecule has 0 fully saturated rings. The van der Waals surface area contributed by atoms with E-state index in [-0.39, 0.29) is 12.5 Å². The Labute approximate surface area is 89.5 Å². The van der Waals surface area contributed by atoms with E-state index in [1.165, 1.54) is 4.90 Å². The van der Waals surface area contributed by atoms with E-state index in [1.54, 1.807) is 20.3 Å². The van der Waals surface area contributed by atoms with Gasteiger partial charge < -0.3 is 10.2 Å². The van der Waals surface area contributed by atoms with Gasteiger partial charge in [-0.05, 0) is 13.8 Å². The summed E-state index contributed by atoms with van der Waals surface area (Å²) in [6.45, 7) is 4.03. The second-order valence-corrected chi connectivity index (χ2v) is 3.57. The number of hydrogen-bond acceptors (Lipinski definition) is 4. The summed E-state index contributed by atoms with van der Waals surface area (Å²) in [7, 11) is 3.44. The predicted octanol–water partition coefficient (Wildman–Crippen LogP) is 0.594. The van der Waals surface area contributed by atoms with Gasteiger partial charge in [-0.3, -0.25) is 9.78 Å². The Bertz CT molecular complexity index is 362. The van der Waals surface area contributed by atoms with Gasteiger partial charge in [0, 0.05) is 14.1 Å². The number of carbonyl (C=O) groups is 1. The van der Waals surface area contributed by atoms with Crippen molar-refractivity contribution in [2.24, 2.45) is 0 Å². The molecule has 1 rings (SSSR count). The lowest BCUT2D eigenvalue weighted by atomic mass is 10.3. The van der Waals surface area contributed by atoms with E-state index in [1.807, 2.05) is 13.8 Å². The highest BCUT2D eigenvalue weighted by Crippen LogP contribution is 2.04. The Morgan fingerprint density at radius 3 is 2.60 bits per heavy atom. The zero-order valence-electron chi connectivity index (χ0n) is 9.53. The van der Waals surface area contributed by atoms with Crippen molar-refractivity contribution in [3.63, 3.8) is 0 Å². The van der Waals surface area contributed by atoms with E-state index < -0.39 is 0 Å². The van der Waals surface area contributed by atoms with Crippen LogP contribution < -0.4 is 5.32 Å². The maximum absolute atomic E-state index is 11.3. The van der Waals surface area contributed by atoms with Gasteiger partial charge in [0.25, 0.3) is 0 Å². The zero-order chi connectivity index (χ0) is 11.4. The molecular formula is C10H16N4O. The quantitative estimate of drug-likeness (QED) is 0.790. The molecule has 0 aliphatic heterocycles. The second kappa shape index (κ2) is 4.72. The average molecular weight is 208 g/mol. The number of amides is 1. The molecule has 0 aromatic carbocycles. The number of anilines is 1. The summed E-state index contributed by atoms with van der Waals surface area (Å²) in [5, 5.41) is 2.93. The number of nitrogens with zero attached hydrogens (tertiary/aromatic N) is 3. The lowest BCUT2D eigenvalue weighted by Crippen LogP contribution is -2.28. The summed E-state index contributed by atoms with van der Waals surface area (Å²) in [6, 6.07) is 0. The molecule has 1 aromatic heterocycles. The minimum atomic E-state index is 0.00929. The highest BCUT2D eigenvalue weighted by atomic mass is 16.2. The molecule has 5 nitrogen and oxygen atoms in total. The third-order valence-electron chi connectivity index (χ3n) is 2.11. The lowest BCUT2D eigenvalue weighted by Gasteiger charge is -2.11. The average Bonchev–Trinajstić information content (AvgIpc) is 2.19. The third kappa shape index (κ3) is 3.19. The smallest absolute Gasteiger partial charge is 0.241 e. The van der Waals surface area contributed by atoms with Gasteiger partial charge in [0.15, 0.2) is 0 Å². The van der Waals surface area contributed by atoms with E-state index in [0.717, 1.165) is 11.4 Å². The van der Waals surface area contributed by atoms with Crippen LogP contribution in [0.1, 0.15) is 11.4 Å².